The Balaban J connectivity index is 1.88. The van der Waals surface area contributed by atoms with Crippen LogP contribution in [0.25, 0.3) is 0 Å². The minimum Gasteiger partial charge on any atom is -0.503 e. The maximum Gasteiger partial charge on any atom is 0.294 e. The second-order valence-electron chi connectivity index (χ2n) is 6.03. The number of hydrogen-bond acceptors (Lipinski definition) is 4. The highest BCUT2D eigenvalue weighted by Crippen LogP contribution is 2.42. The van der Waals surface area contributed by atoms with Gasteiger partial charge in [0, 0.05) is 10.2 Å². The maximum absolute atomic E-state index is 13.1. The van der Waals surface area contributed by atoms with E-state index >= 15 is 0 Å². The van der Waals surface area contributed by atoms with Gasteiger partial charge in [0.1, 0.15) is 0 Å². The molecule has 0 unspecified atom stereocenters. The molecule has 0 radical (unpaired) electrons. The molecule has 0 bridgehead atoms. The number of thiophene rings is 1. The molecule has 27 heavy (non-hydrogen) atoms. The highest BCUT2D eigenvalue weighted by molar-refractivity contribution is 9.10. The molecule has 3 aromatic rings. The van der Waals surface area contributed by atoms with E-state index in [0.717, 1.165) is 10.0 Å². The van der Waals surface area contributed by atoms with E-state index in [1.807, 2.05) is 42.5 Å². The number of amides is 1. The van der Waals surface area contributed by atoms with Crippen LogP contribution in [0.2, 0.25) is 0 Å². The van der Waals surface area contributed by atoms with Crippen LogP contribution < -0.4 is 4.90 Å². The number of carbonyl (C=O) groups is 2. The lowest BCUT2D eigenvalue weighted by atomic mass is 9.95. The fourth-order valence-electron chi connectivity index (χ4n) is 3.19. The molecule has 1 N–H and O–H groups in total. The molecule has 0 aliphatic carbocycles. The summed E-state index contributed by atoms with van der Waals surface area (Å²) < 4.78 is 0.890. The van der Waals surface area contributed by atoms with E-state index in [4.69, 9.17) is 0 Å². The summed E-state index contributed by atoms with van der Waals surface area (Å²) in [6.45, 7) is 0. The van der Waals surface area contributed by atoms with Crippen LogP contribution in [-0.2, 0) is 4.79 Å². The van der Waals surface area contributed by atoms with E-state index in [-0.39, 0.29) is 11.4 Å². The summed E-state index contributed by atoms with van der Waals surface area (Å²) in [4.78, 5) is 28.0. The molecule has 1 aliphatic heterocycles. The normalized spacial score (nSPS) is 16.9. The maximum atomic E-state index is 13.1. The van der Waals surface area contributed by atoms with Gasteiger partial charge in [0.15, 0.2) is 5.76 Å². The van der Waals surface area contributed by atoms with E-state index in [1.165, 1.54) is 16.2 Å². The molecule has 1 atom stereocenters. The SMILES string of the molecule is O=C(C1=C(O)C(=O)N(c2ccccc2)[C@H]1c1ccc(Br)cc1)c1cccs1. The van der Waals surface area contributed by atoms with E-state index in [0.29, 0.717) is 10.6 Å². The van der Waals surface area contributed by atoms with Crippen molar-refractivity contribution in [3.63, 3.8) is 0 Å². The summed E-state index contributed by atoms with van der Waals surface area (Å²) in [7, 11) is 0. The van der Waals surface area contributed by atoms with Gasteiger partial charge in [0.2, 0.25) is 5.78 Å². The second kappa shape index (κ2) is 7.13. The van der Waals surface area contributed by atoms with Crippen molar-refractivity contribution in [2.75, 3.05) is 4.90 Å². The lowest BCUT2D eigenvalue weighted by Gasteiger charge is -2.26. The summed E-state index contributed by atoms with van der Waals surface area (Å²) >= 11 is 4.69. The van der Waals surface area contributed by atoms with Gasteiger partial charge in [-0.15, -0.1) is 11.3 Å². The zero-order valence-corrected chi connectivity index (χ0v) is 16.4. The van der Waals surface area contributed by atoms with Crippen molar-refractivity contribution in [3.8, 4) is 0 Å². The second-order valence-corrected chi connectivity index (χ2v) is 7.90. The zero-order valence-electron chi connectivity index (χ0n) is 14.0. The van der Waals surface area contributed by atoms with E-state index < -0.39 is 17.7 Å². The van der Waals surface area contributed by atoms with Crippen molar-refractivity contribution >= 4 is 44.6 Å². The fraction of sp³-hybridized carbons (Fsp3) is 0.0476. The zero-order chi connectivity index (χ0) is 19.0. The highest BCUT2D eigenvalue weighted by atomic mass is 79.9. The molecule has 0 saturated carbocycles. The number of para-hydroxylation sites is 1. The van der Waals surface area contributed by atoms with Crippen LogP contribution in [-0.4, -0.2) is 16.8 Å². The molecule has 4 nitrogen and oxygen atoms in total. The first-order chi connectivity index (χ1) is 13.1. The van der Waals surface area contributed by atoms with Crippen molar-refractivity contribution in [2.24, 2.45) is 0 Å². The molecule has 6 heteroatoms. The first-order valence-corrected chi connectivity index (χ1v) is 9.90. The van der Waals surface area contributed by atoms with Gasteiger partial charge in [-0.3, -0.25) is 14.5 Å². The molecule has 1 aromatic heterocycles. The molecular formula is C21H14BrNO3S. The Morgan fingerprint density at radius 3 is 2.33 bits per heavy atom. The standard InChI is InChI=1S/C21H14BrNO3S/c22-14-10-8-13(9-11-14)18-17(19(24)16-7-4-12-27-16)20(25)21(26)23(18)15-5-2-1-3-6-15/h1-12,18,25H/t18-/m0/s1. The molecule has 0 fully saturated rings. The van der Waals surface area contributed by atoms with Gasteiger partial charge in [-0.05, 0) is 41.3 Å². The average molecular weight is 440 g/mol. The molecule has 134 valence electrons. The highest BCUT2D eigenvalue weighted by Gasteiger charge is 2.44. The van der Waals surface area contributed by atoms with Crippen LogP contribution >= 0.6 is 27.3 Å². The van der Waals surface area contributed by atoms with Crippen LogP contribution in [0.3, 0.4) is 0 Å². The number of nitrogens with zero attached hydrogens (tertiary/aromatic N) is 1. The predicted molar refractivity (Wildman–Crippen MR) is 109 cm³/mol. The van der Waals surface area contributed by atoms with Crippen molar-refractivity contribution in [2.45, 2.75) is 6.04 Å². The molecule has 2 heterocycles. The van der Waals surface area contributed by atoms with E-state index in [9.17, 15) is 14.7 Å². The number of anilines is 1. The van der Waals surface area contributed by atoms with Crippen LogP contribution in [0.5, 0.6) is 0 Å². The van der Waals surface area contributed by atoms with Gasteiger partial charge in [-0.2, -0.15) is 0 Å². The summed E-state index contributed by atoms with van der Waals surface area (Å²) in [5, 5.41) is 12.4. The van der Waals surface area contributed by atoms with E-state index in [2.05, 4.69) is 15.9 Å². The van der Waals surface area contributed by atoms with Crippen molar-refractivity contribution in [1.29, 1.82) is 0 Å². The quantitative estimate of drug-likeness (QED) is 0.561. The Hall–Kier alpha value is -2.70. The van der Waals surface area contributed by atoms with Crippen molar-refractivity contribution in [1.82, 2.24) is 0 Å². The van der Waals surface area contributed by atoms with Gasteiger partial charge in [0.25, 0.3) is 5.91 Å². The third-order valence-electron chi connectivity index (χ3n) is 4.42. The van der Waals surface area contributed by atoms with Gasteiger partial charge in [-0.1, -0.05) is 52.3 Å². The smallest absolute Gasteiger partial charge is 0.294 e. The van der Waals surface area contributed by atoms with Crippen LogP contribution in [0, 0.1) is 0 Å². The summed E-state index contributed by atoms with van der Waals surface area (Å²) in [6.07, 6.45) is 0. The van der Waals surface area contributed by atoms with Crippen LogP contribution in [0.4, 0.5) is 5.69 Å². The molecule has 2 aromatic carbocycles. The summed E-state index contributed by atoms with van der Waals surface area (Å²) in [5.41, 5.74) is 1.48. The predicted octanol–water partition coefficient (Wildman–Crippen LogP) is 5.29. The topological polar surface area (TPSA) is 57.6 Å². The first kappa shape index (κ1) is 17.7. The number of ketones is 1. The number of carbonyl (C=O) groups excluding carboxylic acids is 2. The molecule has 4 rings (SSSR count). The van der Waals surface area contributed by atoms with Crippen molar-refractivity contribution in [3.05, 3.63) is 98.4 Å². The monoisotopic (exact) mass is 439 g/mol. The molecule has 0 saturated heterocycles. The summed E-state index contributed by atoms with van der Waals surface area (Å²) in [6, 6.07) is 19.2. The van der Waals surface area contributed by atoms with Crippen LogP contribution in [0.15, 0.2) is 87.9 Å². The van der Waals surface area contributed by atoms with Crippen LogP contribution in [0.1, 0.15) is 21.3 Å². The third-order valence-corrected chi connectivity index (χ3v) is 5.82. The molecule has 1 amide bonds. The molecule has 0 spiro atoms. The summed E-state index contributed by atoms with van der Waals surface area (Å²) in [5.74, 6) is -1.40. The molecule has 1 aliphatic rings. The minimum atomic E-state index is -0.692. The Morgan fingerprint density at radius 2 is 1.70 bits per heavy atom. The number of rotatable bonds is 4. The lowest BCUT2D eigenvalue weighted by molar-refractivity contribution is -0.117. The molecular weight excluding hydrogens is 426 g/mol. The first-order valence-electron chi connectivity index (χ1n) is 8.23. The van der Waals surface area contributed by atoms with Gasteiger partial charge in [0.05, 0.1) is 16.5 Å². The average Bonchev–Trinajstić information content (AvgIpc) is 3.31. The number of hydrogen-bond donors (Lipinski definition) is 1. The Labute approximate surface area is 168 Å². The lowest BCUT2D eigenvalue weighted by Crippen LogP contribution is -2.30. The van der Waals surface area contributed by atoms with Gasteiger partial charge < -0.3 is 5.11 Å². The Kier molecular flexibility index (Phi) is 4.68. The largest absolute Gasteiger partial charge is 0.503 e. The number of benzene rings is 2. The Morgan fingerprint density at radius 1 is 1.00 bits per heavy atom. The fourth-order valence-corrected chi connectivity index (χ4v) is 4.14. The minimum absolute atomic E-state index is 0.105. The van der Waals surface area contributed by atoms with Gasteiger partial charge in [-0.25, -0.2) is 0 Å². The van der Waals surface area contributed by atoms with Gasteiger partial charge >= 0.3 is 0 Å². The van der Waals surface area contributed by atoms with Crippen molar-refractivity contribution < 1.29 is 14.7 Å². The number of halogens is 1. The Bertz CT molecular complexity index is 1030. The third kappa shape index (κ3) is 3.11. The number of aliphatic hydroxyl groups is 1. The number of Topliss-reactive ketones (excluding diaryl/α,β-unsaturated/α-hetero) is 1. The van der Waals surface area contributed by atoms with E-state index in [1.54, 1.807) is 29.6 Å². The number of aliphatic hydroxyl groups excluding tert-OH is 1.